The van der Waals surface area contributed by atoms with Crippen LogP contribution in [0.2, 0.25) is 0 Å². The number of hydrogen-bond acceptors (Lipinski definition) is 4. The largest absolute Gasteiger partial charge is 0.368 e. The molecule has 1 aromatic heterocycles. The minimum atomic E-state index is -0.399. The second-order valence-corrected chi connectivity index (χ2v) is 11.5. The van der Waals surface area contributed by atoms with Crippen LogP contribution in [0.15, 0.2) is 60.0 Å². The highest BCUT2D eigenvalue weighted by atomic mass is 32.1. The first kappa shape index (κ1) is 24.6. The first-order chi connectivity index (χ1) is 17.3. The van der Waals surface area contributed by atoms with Crippen LogP contribution in [0.1, 0.15) is 57.7 Å². The van der Waals surface area contributed by atoms with Gasteiger partial charge in [-0.1, -0.05) is 50.2 Å². The normalized spacial score (nSPS) is 20.1. The molecule has 0 saturated carbocycles. The fourth-order valence-electron chi connectivity index (χ4n) is 5.65. The molecule has 1 saturated heterocycles. The predicted molar refractivity (Wildman–Crippen MR) is 147 cm³/mol. The van der Waals surface area contributed by atoms with Gasteiger partial charge in [-0.2, -0.15) is 0 Å². The molecule has 5 rings (SSSR count). The second kappa shape index (κ2) is 10.1. The number of aryl methyl sites for hydroxylation is 2. The van der Waals surface area contributed by atoms with E-state index in [4.69, 9.17) is 0 Å². The number of anilines is 1. The Hall–Kier alpha value is -3.12. The number of piperazine rings is 1. The number of fused-ring (bicyclic) bond motifs is 1. The van der Waals surface area contributed by atoms with Gasteiger partial charge in [0.05, 0.1) is 12.0 Å². The molecule has 0 radical (unpaired) electrons. The van der Waals surface area contributed by atoms with E-state index in [9.17, 15) is 9.59 Å². The molecule has 0 spiro atoms. The summed E-state index contributed by atoms with van der Waals surface area (Å²) in [6.45, 7) is 12.1. The van der Waals surface area contributed by atoms with Crippen molar-refractivity contribution in [1.82, 2.24) is 9.80 Å². The number of carbonyl (C=O) groups excluding carboxylic acids is 2. The molecule has 3 aromatic rings. The first-order valence-electron chi connectivity index (χ1n) is 12.9. The van der Waals surface area contributed by atoms with E-state index in [2.05, 4.69) is 56.9 Å². The minimum absolute atomic E-state index is 0.0292. The zero-order chi connectivity index (χ0) is 25.4. The molecular weight excluding hydrogens is 466 g/mol. The standard InChI is InChI=1S/C30H35N3O2S/c1-20(2)19-33-28(26-10-7-17-36-26)27(23-8-5-6-9-24(23)29(33)34)30(35)32-15-13-31(14-16-32)25-18-21(3)11-12-22(25)4/h5-12,17-18,20,27-28H,13-16,19H2,1-4H3/t27-,28-/m1/s1. The van der Waals surface area contributed by atoms with Crippen molar-refractivity contribution in [3.8, 4) is 0 Å². The maximum Gasteiger partial charge on any atom is 0.254 e. The van der Waals surface area contributed by atoms with Crippen LogP contribution >= 0.6 is 11.3 Å². The van der Waals surface area contributed by atoms with E-state index in [0.717, 1.165) is 23.5 Å². The van der Waals surface area contributed by atoms with Gasteiger partial charge in [0.15, 0.2) is 0 Å². The highest BCUT2D eigenvalue weighted by molar-refractivity contribution is 7.10. The summed E-state index contributed by atoms with van der Waals surface area (Å²) in [4.78, 5) is 35.4. The van der Waals surface area contributed by atoms with Crippen molar-refractivity contribution in [2.45, 2.75) is 39.7 Å². The zero-order valence-corrected chi connectivity index (χ0v) is 22.4. The van der Waals surface area contributed by atoms with E-state index >= 15 is 0 Å². The molecule has 36 heavy (non-hydrogen) atoms. The number of thiophene rings is 1. The van der Waals surface area contributed by atoms with Crippen LogP contribution in [0, 0.1) is 19.8 Å². The molecule has 188 valence electrons. The molecule has 6 heteroatoms. The molecule has 5 nitrogen and oxygen atoms in total. The fourth-order valence-corrected chi connectivity index (χ4v) is 6.53. The maximum absolute atomic E-state index is 14.3. The third-order valence-electron chi connectivity index (χ3n) is 7.40. The fraction of sp³-hybridized carbons (Fsp3) is 0.400. The van der Waals surface area contributed by atoms with Crippen molar-refractivity contribution < 1.29 is 9.59 Å². The molecule has 2 amide bonds. The summed E-state index contributed by atoms with van der Waals surface area (Å²) >= 11 is 1.63. The molecule has 2 atom stereocenters. The van der Waals surface area contributed by atoms with Gasteiger partial charge < -0.3 is 14.7 Å². The topological polar surface area (TPSA) is 43.9 Å². The van der Waals surface area contributed by atoms with Crippen LogP contribution in [0.25, 0.3) is 0 Å². The van der Waals surface area contributed by atoms with Gasteiger partial charge in [-0.3, -0.25) is 9.59 Å². The molecular formula is C30H35N3O2S. The number of rotatable bonds is 5. The van der Waals surface area contributed by atoms with Crippen molar-refractivity contribution in [3.05, 3.63) is 87.1 Å². The number of benzene rings is 2. The summed E-state index contributed by atoms with van der Waals surface area (Å²) in [5, 5.41) is 2.04. The third-order valence-corrected chi connectivity index (χ3v) is 8.34. The number of carbonyl (C=O) groups is 2. The molecule has 3 heterocycles. The van der Waals surface area contributed by atoms with Crippen LogP contribution in [0.3, 0.4) is 0 Å². The van der Waals surface area contributed by atoms with Crippen molar-refractivity contribution in [2.24, 2.45) is 5.92 Å². The number of amides is 2. The molecule has 2 aliphatic heterocycles. The van der Waals surface area contributed by atoms with Crippen LogP contribution in [0.5, 0.6) is 0 Å². The van der Waals surface area contributed by atoms with Crippen LogP contribution in [0.4, 0.5) is 5.69 Å². The van der Waals surface area contributed by atoms with E-state index in [0.29, 0.717) is 31.1 Å². The Balaban J connectivity index is 1.47. The summed E-state index contributed by atoms with van der Waals surface area (Å²) in [6.07, 6.45) is 0. The molecule has 0 N–H and O–H groups in total. The lowest BCUT2D eigenvalue weighted by atomic mass is 9.80. The van der Waals surface area contributed by atoms with E-state index in [1.807, 2.05) is 45.5 Å². The summed E-state index contributed by atoms with van der Waals surface area (Å²) in [6, 6.07) is 18.1. The highest BCUT2D eigenvalue weighted by Gasteiger charge is 2.46. The summed E-state index contributed by atoms with van der Waals surface area (Å²) in [7, 11) is 0. The maximum atomic E-state index is 14.3. The van der Waals surface area contributed by atoms with Gasteiger partial charge in [-0.15, -0.1) is 11.3 Å². The highest BCUT2D eigenvalue weighted by Crippen LogP contribution is 2.45. The van der Waals surface area contributed by atoms with Crippen LogP contribution in [-0.2, 0) is 4.79 Å². The average Bonchev–Trinajstić information content (AvgIpc) is 3.41. The molecule has 0 aliphatic carbocycles. The smallest absolute Gasteiger partial charge is 0.254 e. The Labute approximate surface area is 218 Å². The molecule has 0 unspecified atom stereocenters. The second-order valence-electron chi connectivity index (χ2n) is 10.5. The molecule has 1 fully saturated rings. The number of hydrogen-bond donors (Lipinski definition) is 0. The van der Waals surface area contributed by atoms with Crippen molar-refractivity contribution in [3.63, 3.8) is 0 Å². The minimum Gasteiger partial charge on any atom is -0.368 e. The van der Waals surface area contributed by atoms with Crippen molar-refractivity contribution in [1.29, 1.82) is 0 Å². The SMILES string of the molecule is Cc1ccc(C)c(N2CCN(C(=O)[C@@H]3c4ccccc4C(=O)N(CC(C)C)[C@@H]3c3cccs3)CC2)c1. The van der Waals surface area contributed by atoms with Crippen molar-refractivity contribution >= 4 is 28.8 Å². The Kier molecular flexibility index (Phi) is 6.89. The summed E-state index contributed by atoms with van der Waals surface area (Å²) in [5.41, 5.74) is 5.31. The van der Waals surface area contributed by atoms with Gasteiger partial charge >= 0.3 is 0 Å². The Morgan fingerprint density at radius 1 is 1.00 bits per heavy atom. The van der Waals surface area contributed by atoms with Crippen LogP contribution in [-0.4, -0.2) is 54.3 Å². The van der Waals surface area contributed by atoms with E-state index in [-0.39, 0.29) is 17.9 Å². The predicted octanol–water partition coefficient (Wildman–Crippen LogP) is 5.65. The van der Waals surface area contributed by atoms with Gasteiger partial charge in [0.25, 0.3) is 5.91 Å². The van der Waals surface area contributed by atoms with Crippen LogP contribution < -0.4 is 4.90 Å². The van der Waals surface area contributed by atoms with Gasteiger partial charge in [0, 0.05) is 48.9 Å². The van der Waals surface area contributed by atoms with Crippen molar-refractivity contribution in [2.75, 3.05) is 37.6 Å². The Morgan fingerprint density at radius 2 is 1.75 bits per heavy atom. The van der Waals surface area contributed by atoms with Gasteiger partial charge in [-0.05, 0) is 60.0 Å². The van der Waals surface area contributed by atoms with E-state index in [1.54, 1.807) is 11.3 Å². The lowest BCUT2D eigenvalue weighted by Crippen LogP contribution is -2.53. The molecule has 2 aromatic carbocycles. The first-order valence-corrected chi connectivity index (χ1v) is 13.8. The monoisotopic (exact) mass is 501 g/mol. The van der Waals surface area contributed by atoms with Gasteiger partial charge in [0.2, 0.25) is 5.91 Å². The zero-order valence-electron chi connectivity index (χ0n) is 21.6. The Bertz CT molecular complexity index is 1240. The lowest BCUT2D eigenvalue weighted by Gasteiger charge is -2.45. The Morgan fingerprint density at radius 3 is 2.44 bits per heavy atom. The quantitative estimate of drug-likeness (QED) is 0.454. The summed E-state index contributed by atoms with van der Waals surface area (Å²) < 4.78 is 0. The lowest BCUT2D eigenvalue weighted by molar-refractivity contribution is -0.135. The molecule has 0 bridgehead atoms. The summed E-state index contributed by atoms with van der Waals surface area (Å²) in [5.74, 6) is 0.0614. The average molecular weight is 502 g/mol. The van der Waals surface area contributed by atoms with Gasteiger partial charge in [-0.25, -0.2) is 0 Å². The van der Waals surface area contributed by atoms with E-state index in [1.165, 1.54) is 16.8 Å². The third kappa shape index (κ3) is 4.55. The number of nitrogens with zero attached hydrogens (tertiary/aromatic N) is 3. The molecule has 2 aliphatic rings. The van der Waals surface area contributed by atoms with E-state index < -0.39 is 5.92 Å². The van der Waals surface area contributed by atoms with Gasteiger partial charge in [0.1, 0.15) is 0 Å².